The van der Waals surface area contributed by atoms with Crippen LogP contribution >= 0.6 is 0 Å². The molecule has 2 unspecified atom stereocenters. The van der Waals surface area contributed by atoms with Crippen LogP contribution in [-0.2, 0) is 9.59 Å². The zero-order valence-electron chi connectivity index (χ0n) is 11.7. The molecule has 2 aliphatic heterocycles. The topological polar surface area (TPSA) is 90.0 Å². The molecule has 0 saturated carbocycles. The predicted molar refractivity (Wildman–Crippen MR) is 71.1 cm³/mol. The zero-order chi connectivity index (χ0) is 14.7. The fraction of sp³-hybridized carbons (Fsp3) is 0.769. The van der Waals surface area contributed by atoms with Gasteiger partial charge in [-0.25, -0.2) is 9.59 Å². The van der Waals surface area contributed by atoms with E-state index in [0.29, 0.717) is 26.1 Å². The van der Waals surface area contributed by atoms with Gasteiger partial charge in [-0.05, 0) is 25.2 Å². The molecule has 0 bridgehead atoms. The van der Waals surface area contributed by atoms with Crippen LogP contribution < -0.4 is 5.32 Å². The van der Waals surface area contributed by atoms with Crippen molar-refractivity contribution in [2.75, 3.05) is 26.2 Å². The molecule has 0 aromatic heterocycles. The van der Waals surface area contributed by atoms with Crippen molar-refractivity contribution in [3.63, 3.8) is 0 Å². The molecule has 0 aliphatic carbocycles. The summed E-state index contributed by atoms with van der Waals surface area (Å²) in [6, 6.07) is -1.12. The summed E-state index contributed by atoms with van der Waals surface area (Å²) in [5.74, 6) is -1.22. The Morgan fingerprint density at radius 2 is 2.05 bits per heavy atom. The number of aliphatic carboxylic acids is 1. The lowest BCUT2D eigenvalue weighted by Crippen LogP contribution is -2.56. The fourth-order valence-corrected chi connectivity index (χ4v) is 2.93. The largest absolute Gasteiger partial charge is 0.480 e. The monoisotopic (exact) mass is 283 g/mol. The highest BCUT2D eigenvalue weighted by Crippen LogP contribution is 2.24. The van der Waals surface area contributed by atoms with Crippen LogP contribution in [0.1, 0.15) is 26.2 Å². The average Bonchev–Trinajstić information content (AvgIpc) is 2.61. The lowest BCUT2D eigenvalue weighted by atomic mass is 9.91. The van der Waals surface area contributed by atoms with Gasteiger partial charge in [0.15, 0.2) is 0 Å². The maximum absolute atomic E-state index is 12.5. The van der Waals surface area contributed by atoms with E-state index in [4.69, 9.17) is 0 Å². The van der Waals surface area contributed by atoms with Crippen LogP contribution in [0.5, 0.6) is 0 Å². The molecule has 3 amide bonds. The molecule has 2 atom stereocenters. The van der Waals surface area contributed by atoms with Crippen LogP contribution in [0.15, 0.2) is 0 Å². The first-order valence-electron chi connectivity index (χ1n) is 7.05. The number of nitrogens with one attached hydrogen (secondary N) is 1. The van der Waals surface area contributed by atoms with Crippen molar-refractivity contribution in [2.24, 2.45) is 5.92 Å². The number of carboxylic acid groups (broad SMARTS) is 1. The van der Waals surface area contributed by atoms with E-state index in [2.05, 4.69) is 5.32 Å². The molecule has 2 saturated heterocycles. The molecule has 2 aliphatic rings. The number of carboxylic acids is 1. The number of urea groups is 1. The van der Waals surface area contributed by atoms with E-state index in [-0.39, 0.29) is 24.4 Å². The predicted octanol–water partition coefficient (Wildman–Crippen LogP) is 0.113. The second-order valence-electron chi connectivity index (χ2n) is 5.50. The Balaban J connectivity index is 2.12. The Labute approximate surface area is 117 Å². The standard InChI is InChI=1S/C13H21N3O4/c1-9-4-2-7-16(11(9)12(18)19)13(20)15-6-3-5-14-10(17)8-15/h9,11H,2-8H2,1H3,(H,14,17)(H,18,19). The first-order chi connectivity index (χ1) is 9.50. The summed E-state index contributed by atoms with van der Waals surface area (Å²) in [6.07, 6.45) is 2.30. The molecular weight excluding hydrogens is 262 g/mol. The third kappa shape index (κ3) is 3.02. The average molecular weight is 283 g/mol. The van der Waals surface area contributed by atoms with Crippen molar-refractivity contribution < 1.29 is 19.5 Å². The van der Waals surface area contributed by atoms with Gasteiger partial charge in [-0.2, -0.15) is 0 Å². The Morgan fingerprint density at radius 3 is 2.75 bits per heavy atom. The fourth-order valence-electron chi connectivity index (χ4n) is 2.93. The van der Waals surface area contributed by atoms with Gasteiger partial charge in [-0.3, -0.25) is 4.79 Å². The van der Waals surface area contributed by atoms with E-state index in [9.17, 15) is 19.5 Å². The molecule has 2 rings (SSSR count). The van der Waals surface area contributed by atoms with Crippen LogP contribution in [0.2, 0.25) is 0 Å². The number of nitrogens with zero attached hydrogens (tertiary/aromatic N) is 2. The lowest BCUT2D eigenvalue weighted by Gasteiger charge is -2.39. The second-order valence-corrected chi connectivity index (χ2v) is 5.50. The van der Waals surface area contributed by atoms with Crippen LogP contribution in [-0.4, -0.2) is 65.0 Å². The van der Waals surface area contributed by atoms with Crippen molar-refractivity contribution >= 4 is 17.9 Å². The molecule has 112 valence electrons. The molecule has 0 radical (unpaired) electrons. The summed E-state index contributed by atoms with van der Waals surface area (Å²) < 4.78 is 0. The third-order valence-corrected chi connectivity index (χ3v) is 3.96. The van der Waals surface area contributed by atoms with Crippen LogP contribution in [0, 0.1) is 5.92 Å². The van der Waals surface area contributed by atoms with Crippen molar-refractivity contribution in [1.82, 2.24) is 15.1 Å². The van der Waals surface area contributed by atoms with E-state index in [1.54, 1.807) is 0 Å². The summed E-state index contributed by atoms with van der Waals surface area (Å²) in [6.45, 7) is 3.35. The van der Waals surface area contributed by atoms with Crippen molar-refractivity contribution in [3.8, 4) is 0 Å². The third-order valence-electron chi connectivity index (χ3n) is 3.96. The normalized spacial score (nSPS) is 27.8. The van der Waals surface area contributed by atoms with Crippen LogP contribution in [0.4, 0.5) is 4.79 Å². The highest BCUT2D eigenvalue weighted by molar-refractivity contribution is 5.87. The molecule has 20 heavy (non-hydrogen) atoms. The van der Waals surface area contributed by atoms with Gasteiger partial charge in [-0.15, -0.1) is 0 Å². The number of piperidine rings is 1. The van der Waals surface area contributed by atoms with Gasteiger partial charge in [0.1, 0.15) is 12.6 Å². The summed E-state index contributed by atoms with van der Waals surface area (Å²) in [5, 5.41) is 12.0. The summed E-state index contributed by atoms with van der Waals surface area (Å²) in [4.78, 5) is 38.3. The number of likely N-dealkylation sites (tertiary alicyclic amines) is 1. The van der Waals surface area contributed by atoms with Gasteiger partial charge in [0.05, 0.1) is 0 Å². The first kappa shape index (κ1) is 14.6. The van der Waals surface area contributed by atoms with Crippen molar-refractivity contribution in [1.29, 1.82) is 0 Å². The molecule has 0 aromatic carbocycles. The minimum absolute atomic E-state index is 0.00997. The molecule has 0 spiro atoms. The number of hydrogen-bond donors (Lipinski definition) is 2. The molecule has 2 heterocycles. The maximum Gasteiger partial charge on any atom is 0.326 e. The number of amides is 3. The van der Waals surface area contributed by atoms with E-state index in [1.165, 1.54) is 9.80 Å². The van der Waals surface area contributed by atoms with Gasteiger partial charge >= 0.3 is 12.0 Å². The molecule has 2 fully saturated rings. The van der Waals surface area contributed by atoms with Gasteiger partial charge in [0.25, 0.3) is 0 Å². The minimum atomic E-state index is -0.968. The Kier molecular flexibility index (Phi) is 4.46. The molecule has 0 aromatic rings. The van der Waals surface area contributed by atoms with Crippen molar-refractivity contribution in [3.05, 3.63) is 0 Å². The number of carbonyl (C=O) groups is 3. The van der Waals surface area contributed by atoms with E-state index in [0.717, 1.165) is 12.8 Å². The molecule has 7 nitrogen and oxygen atoms in total. The van der Waals surface area contributed by atoms with Crippen LogP contribution in [0.3, 0.4) is 0 Å². The van der Waals surface area contributed by atoms with Crippen LogP contribution in [0.25, 0.3) is 0 Å². The lowest BCUT2D eigenvalue weighted by molar-refractivity contribution is -0.145. The van der Waals surface area contributed by atoms with E-state index < -0.39 is 12.0 Å². The van der Waals surface area contributed by atoms with E-state index >= 15 is 0 Å². The molecular formula is C13H21N3O4. The minimum Gasteiger partial charge on any atom is -0.480 e. The summed E-state index contributed by atoms with van der Waals surface area (Å²) in [5.41, 5.74) is 0. The van der Waals surface area contributed by atoms with Gasteiger partial charge in [0, 0.05) is 19.6 Å². The van der Waals surface area contributed by atoms with Gasteiger partial charge in [-0.1, -0.05) is 6.92 Å². The Morgan fingerprint density at radius 1 is 1.30 bits per heavy atom. The smallest absolute Gasteiger partial charge is 0.326 e. The first-order valence-corrected chi connectivity index (χ1v) is 7.05. The molecule has 7 heteroatoms. The number of carbonyl (C=O) groups excluding carboxylic acids is 2. The summed E-state index contributed by atoms with van der Waals surface area (Å²) >= 11 is 0. The number of hydrogen-bond acceptors (Lipinski definition) is 3. The van der Waals surface area contributed by atoms with Crippen molar-refractivity contribution in [2.45, 2.75) is 32.2 Å². The number of rotatable bonds is 1. The highest BCUT2D eigenvalue weighted by atomic mass is 16.4. The Hall–Kier alpha value is -1.79. The van der Waals surface area contributed by atoms with Gasteiger partial charge < -0.3 is 20.2 Å². The quantitative estimate of drug-likeness (QED) is 0.715. The molecule has 2 N–H and O–H groups in total. The second kappa shape index (κ2) is 6.11. The summed E-state index contributed by atoms with van der Waals surface area (Å²) in [7, 11) is 0. The zero-order valence-corrected chi connectivity index (χ0v) is 11.7. The highest BCUT2D eigenvalue weighted by Gasteiger charge is 2.39. The Bertz CT molecular complexity index is 412. The van der Waals surface area contributed by atoms with Gasteiger partial charge in [0.2, 0.25) is 5.91 Å². The maximum atomic E-state index is 12.5. The SMILES string of the molecule is CC1CCCN(C(=O)N2CCCNC(=O)C2)C1C(=O)O. The van der Waals surface area contributed by atoms with E-state index in [1.807, 2.05) is 6.92 Å².